The van der Waals surface area contributed by atoms with Crippen molar-refractivity contribution in [2.24, 2.45) is 13.0 Å². The summed E-state index contributed by atoms with van der Waals surface area (Å²) < 4.78 is 1.85. The molecule has 3 N–H and O–H groups in total. The van der Waals surface area contributed by atoms with E-state index >= 15 is 0 Å². The normalized spacial score (nSPS) is 20.6. The van der Waals surface area contributed by atoms with Gasteiger partial charge in [0, 0.05) is 24.0 Å². The van der Waals surface area contributed by atoms with Crippen molar-refractivity contribution in [3.63, 3.8) is 0 Å². The average Bonchev–Trinajstić information content (AvgIpc) is 3.03. The van der Waals surface area contributed by atoms with Crippen LogP contribution < -0.4 is 10.6 Å². The zero-order valence-corrected chi connectivity index (χ0v) is 15.3. The van der Waals surface area contributed by atoms with E-state index in [4.69, 9.17) is 10.4 Å². The first kappa shape index (κ1) is 18.9. The molecular weight excluding hydrogens is 344 g/mol. The van der Waals surface area contributed by atoms with Crippen LogP contribution in [0.1, 0.15) is 36.2 Å². The van der Waals surface area contributed by atoms with E-state index in [0.717, 1.165) is 23.7 Å². The van der Waals surface area contributed by atoms with Crippen molar-refractivity contribution >= 4 is 22.7 Å². The van der Waals surface area contributed by atoms with Crippen molar-refractivity contribution in [1.29, 1.82) is 5.26 Å². The van der Waals surface area contributed by atoms with Crippen LogP contribution in [0.5, 0.6) is 0 Å². The van der Waals surface area contributed by atoms with Gasteiger partial charge in [0.1, 0.15) is 11.7 Å². The summed E-state index contributed by atoms with van der Waals surface area (Å²) in [7, 11) is 1.85. The smallest absolute Gasteiger partial charge is 0.268 e. The Bertz CT molecular complexity index is 883. The van der Waals surface area contributed by atoms with Crippen LogP contribution in [0.2, 0.25) is 0 Å². The van der Waals surface area contributed by atoms with Gasteiger partial charge in [-0.25, -0.2) is 0 Å². The van der Waals surface area contributed by atoms with Crippen LogP contribution in [-0.4, -0.2) is 40.2 Å². The molecule has 2 amide bonds. The standard InChI is InChI=1S/C20H24N4O3/c1-24-17-9-5-2-6-13(17)10-18(24)20(27)23-16-8-4-3-7-15(16)19(26)22-14(11-21)12-25/h2,5-6,9-10,14-16,25H,3-4,7-8,12H2,1H3,(H,22,26)(H,23,27). The number of carbonyl (C=O) groups is 2. The minimum Gasteiger partial charge on any atom is -0.393 e. The molecular formula is C20H24N4O3. The highest BCUT2D eigenvalue weighted by Crippen LogP contribution is 2.26. The molecule has 1 fully saturated rings. The van der Waals surface area contributed by atoms with E-state index < -0.39 is 18.6 Å². The van der Waals surface area contributed by atoms with E-state index in [-0.39, 0.29) is 17.9 Å². The predicted molar refractivity (Wildman–Crippen MR) is 101 cm³/mol. The number of aliphatic hydroxyl groups is 1. The van der Waals surface area contributed by atoms with Gasteiger partial charge in [0.2, 0.25) is 5.91 Å². The van der Waals surface area contributed by atoms with Gasteiger partial charge in [0.15, 0.2) is 0 Å². The third kappa shape index (κ3) is 3.96. The average molecular weight is 368 g/mol. The van der Waals surface area contributed by atoms with Crippen LogP contribution in [0.4, 0.5) is 0 Å². The number of nitriles is 1. The molecule has 142 valence electrons. The monoisotopic (exact) mass is 368 g/mol. The predicted octanol–water partition coefficient (Wildman–Crippen LogP) is 1.47. The van der Waals surface area contributed by atoms with Crippen molar-refractivity contribution in [2.75, 3.05) is 6.61 Å². The zero-order chi connectivity index (χ0) is 19.4. The maximum atomic E-state index is 12.9. The number of hydrogen-bond donors (Lipinski definition) is 3. The fourth-order valence-electron chi connectivity index (χ4n) is 3.76. The molecule has 27 heavy (non-hydrogen) atoms. The largest absolute Gasteiger partial charge is 0.393 e. The molecule has 1 saturated carbocycles. The molecule has 3 atom stereocenters. The van der Waals surface area contributed by atoms with E-state index in [2.05, 4.69) is 10.6 Å². The number of rotatable bonds is 5. The lowest BCUT2D eigenvalue weighted by Gasteiger charge is -2.31. The van der Waals surface area contributed by atoms with E-state index in [1.165, 1.54) is 0 Å². The van der Waals surface area contributed by atoms with Crippen molar-refractivity contribution in [1.82, 2.24) is 15.2 Å². The van der Waals surface area contributed by atoms with Gasteiger partial charge >= 0.3 is 0 Å². The summed E-state index contributed by atoms with van der Waals surface area (Å²) in [6, 6.07) is 10.3. The Balaban J connectivity index is 1.75. The quantitative estimate of drug-likeness (QED) is 0.743. The Labute approximate surface area is 158 Å². The van der Waals surface area contributed by atoms with E-state index in [0.29, 0.717) is 18.5 Å². The van der Waals surface area contributed by atoms with E-state index in [1.54, 1.807) is 0 Å². The van der Waals surface area contributed by atoms with Gasteiger partial charge in [-0.2, -0.15) is 5.26 Å². The first-order chi connectivity index (χ1) is 13.0. The summed E-state index contributed by atoms with van der Waals surface area (Å²) >= 11 is 0. The molecule has 7 nitrogen and oxygen atoms in total. The number of nitrogens with zero attached hydrogens (tertiary/aromatic N) is 2. The number of hydrogen-bond acceptors (Lipinski definition) is 4. The summed E-state index contributed by atoms with van der Waals surface area (Å²) in [5.74, 6) is -0.908. The van der Waals surface area contributed by atoms with Crippen molar-refractivity contribution in [3.05, 3.63) is 36.0 Å². The van der Waals surface area contributed by atoms with Gasteiger partial charge in [-0.1, -0.05) is 31.0 Å². The fraction of sp³-hybridized carbons (Fsp3) is 0.450. The number of aliphatic hydroxyl groups excluding tert-OH is 1. The summed E-state index contributed by atoms with van der Waals surface area (Å²) in [6.07, 6.45) is 3.19. The minimum atomic E-state index is -0.922. The summed E-state index contributed by atoms with van der Waals surface area (Å²) in [5, 5.41) is 24.6. The van der Waals surface area contributed by atoms with Crippen LogP contribution in [0.3, 0.4) is 0 Å². The number of aromatic nitrogens is 1. The van der Waals surface area contributed by atoms with Gasteiger partial charge < -0.3 is 20.3 Å². The highest BCUT2D eigenvalue weighted by molar-refractivity contribution is 5.99. The molecule has 2 aromatic rings. The number of nitrogens with one attached hydrogen (secondary N) is 2. The lowest BCUT2D eigenvalue weighted by Crippen LogP contribution is -2.50. The molecule has 0 radical (unpaired) electrons. The molecule has 1 aliphatic carbocycles. The third-order valence-electron chi connectivity index (χ3n) is 5.26. The van der Waals surface area contributed by atoms with Gasteiger partial charge in [-0.3, -0.25) is 9.59 Å². The van der Waals surface area contributed by atoms with Crippen LogP contribution in [-0.2, 0) is 11.8 Å². The first-order valence-corrected chi connectivity index (χ1v) is 9.21. The third-order valence-corrected chi connectivity index (χ3v) is 5.26. The zero-order valence-electron chi connectivity index (χ0n) is 15.3. The number of amides is 2. The Kier molecular flexibility index (Phi) is 5.77. The lowest BCUT2D eigenvalue weighted by molar-refractivity contribution is -0.127. The van der Waals surface area contributed by atoms with Crippen LogP contribution in [0.15, 0.2) is 30.3 Å². The molecule has 7 heteroatoms. The molecule has 0 bridgehead atoms. The molecule has 1 aliphatic rings. The molecule has 3 unspecified atom stereocenters. The molecule has 0 aliphatic heterocycles. The molecule has 1 heterocycles. The molecule has 1 aromatic heterocycles. The van der Waals surface area contributed by atoms with Crippen molar-refractivity contribution in [3.8, 4) is 6.07 Å². The topological polar surface area (TPSA) is 107 Å². The summed E-state index contributed by atoms with van der Waals surface area (Å²) in [5.41, 5.74) is 1.52. The second-order valence-corrected chi connectivity index (χ2v) is 6.99. The Morgan fingerprint density at radius 3 is 2.78 bits per heavy atom. The van der Waals surface area contributed by atoms with Gasteiger partial charge in [0.25, 0.3) is 5.91 Å². The summed E-state index contributed by atoms with van der Waals surface area (Å²) in [6.45, 7) is -0.429. The maximum Gasteiger partial charge on any atom is 0.268 e. The van der Waals surface area contributed by atoms with Crippen molar-refractivity contribution < 1.29 is 14.7 Å². The SMILES string of the molecule is Cn1c(C(=O)NC2CCCCC2C(=O)NC(C#N)CO)cc2ccccc21. The van der Waals surface area contributed by atoms with Crippen LogP contribution >= 0.6 is 0 Å². The Morgan fingerprint density at radius 1 is 1.33 bits per heavy atom. The highest BCUT2D eigenvalue weighted by Gasteiger charge is 2.33. The van der Waals surface area contributed by atoms with Gasteiger partial charge in [0.05, 0.1) is 18.6 Å². The maximum absolute atomic E-state index is 12.9. The minimum absolute atomic E-state index is 0.211. The van der Waals surface area contributed by atoms with Gasteiger partial charge in [-0.05, 0) is 25.0 Å². The first-order valence-electron chi connectivity index (χ1n) is 9.21. The Morgan fingerprint density at radius 2 is 2.07 bits per heavy atom. The summed E-state index contributed by atoms with van der Waals surface area (Å²) in [4.78, 5) is 25.4. The van der Waals surface area contributed by atoms with E-state index in [9.17, 15) is 9.59 Å². The molecule has 3 rings (SSSR count). The van der Waals surface area contributed by atoms with E-state index in [1.807, 2.05) is 48.0 Å². The highest BCUT2D eigenvalue weighted by atomic mass is 16.3. The second-order valence-electron chi connectivity index (χ2n) is 6.99. The number of fused-ring (bicyclic) bond motifs is 1. The Hall–Kier alpha value is -2.85. The number of carbonyl (C=O) groups excluding carboxylic acids is 2. The lowest BCUT2D eigenvalue weighted by atomic mass is 9.83. The number of aryl methyl sites for hydroxylation is 1. The van der Waals surface area contributed by atoms with Crippen LogP contribution in [0, 0.1) is 17.2 Å². The molecule has 1 aromatic carbocycles. The fourth-order valence-corrected chi connectivity index (χ4v) is 3.76. The number of benzene rings is 1. The molecule has 0 saturated heterocycles. The number of para-hydroxylation sites is 1. The molecule has 0 spiro atoms. The van der Waals surface area contributed by atoms with Gasteiger partial charge in [-0.15, -0.1) is 0 Å². The second kappa shape index (κ2) is 8.23. The van der Waals surface area contributed by atoms with Crippen molar-refractivity contribution in [2.45, 2.75) is 37.8 Å². The van der Waals surface area contributed by atoms with Crippen LogP contribution in [0.25, 0.3) is 10.9 Å².